The molecule has 3 unspecified atom stereocenters. The fourth-order valence-electron chi connectivity index (χ4n) is 3.37. The molecule has 1 aliphatic carbocycles. The van der Waals surface area contributed by atoms with Crippen molar-refractivity contribution in [2.45, 2.75) is 45.1 Å². The molecule has 1 N–H and O–H groups in total. The van der Waals surface area contributed by atoms with Crippen LogP contribution in [-0.2, 0) is 0 Å². The standard InChI is InChI=1S/C15H25N3O/c1-4-11-7-5-6-8-12(11)15(16-2)13-9-10-14(19-3)18-17-13/h9-12,15-16H,4-8H2,1-3H3. The van der Waals surface area contributed by atoms with Crippen LogP contribution in [0, 0.1) is 11.8 Å². The molecule has 0 amide bonds. The van der Waals surface area contributed by atoms with Gasteiger partial charge in [0.15, 0.2) is 0 Å². The molecular formula is C15H25N3O. The lowest BCUT2D eigenvalue weighted by Crippen LogP contribution is -2.33. The maximum absolute atomic E-state index is 5.08. The van der Waals surface area contributed by atoms with Gasteiger partial charge in [0.05, 0.1) is 18.8 Å². The molecule has 1 aromatic heterocycles. The summed E-state index contributed by atoms with van der Waals surface area (Å²) in [6.07, 6.45) is 6.61. The van der Waals surface area contributed by atoms with Crippen LogP contribution in [0.25, 0.3) is 0 Å². The molecule has 0 bridgehead atoms. The highest BCUT2D eigenvalue weighted by Gasteiger charge is 2.31. The highest BCUT2D eigenvalue weighted by atomic mass is 16.5. The Morgan fingerprint density at radius 3 is 2.68 bits per heavy atom. The summed E-state index contributed by atoms with van der Waals surface area (Å²) in [6, 6.07) is 4.24. The Hall–Kier alpha value is -1.16. The first-order valence-electron chi connectivity index (χ1n) is 7.35. The van der Waals surface area contributed by atoms with E-state index >= 15 is 0 Å². The number of nitrogens with one attached hydrogen (secondary N) is 1. The normalized spacial score (nSPS) is 25.0. The zero-order valence-electron chi connectivity index (χ0n) is 12.2. The van der Waals surface area contributed by atoms with Crippen LogP contribution in [0.5, 0.6) is 5.88 Å². The highest BCUT2D eigenvalue weighted by Crippen LogP contribution is 2.39. The van der Waals surface area contributed by atoms with Gasteiger partial charge in [-0.1, -0.05) is 32.6 Å². The number of methoxy groups -OCH3 is 1. The van der Waals surface area contributed by atoms with Crippen LogP contribution in [0.3, 0.4) is 0 Å². The van der Waals surface area contributed by atoms with Gasteiger partial charge in [-0.3, -0.25) is 0 Å². The smallest absolute Gasteiger partial charge is 0.233 e. The Labute approximate surface area is 116 Å². The second-order valence-corrected chi connectivity index (χ2v) is 5.38. The minimum absolute atomic E-state index is 0.309. The quantitative estimate of drug-likeness (QED) is 0.887. The molecule has 4 nitrogen and oxygen atoms in total. The first-order valence-corrected chi connectivity index (χ1v) is 7.35. The summed E-state index contributed by atoms with van der Waals surface area (Å²) in [7, 11) is 3.64. The maximum Gasteiger partial charge on any atom is 0.233 e. The number of nitrogens with zero attached hydrogens (tertiary/aromatic N) is 2. The van der Waals surface area contributed by atoms with E-state index in [2.05, 4.69) is 22.4 Å². The summed E-state index contributed by atoms with van der Waals surface area (Å²) in [5.74, 6) is 2.05. The van der Waals surface area contributed by atoms with E-state index in [1.165, 1.54) is 32.1 Å². The van der Waals surface area contributed by atoms with Crippen molar-refractivity contribution in [2.24, 2.45) is 11.8 Å². The van der Waals surface area contributed by atoms with Crippen molar-refractivity contribution in [3.8, 4) is 5.88 Å². The highest BCUT2D eigenvalue weighted by molar-refractivity contribution is 5.15. The predicted molar refractivity (Wildman–Crippen MR) is 76.1 cm³/mol. The summed E-state index contributed by atoms with van der Waals surface area (Å²) < 4.78 is 5.08. The SMILES string of the molecule is CCC1CCCCC1C(NC)c1ccc(OC)nn1. The van der Waals surface area contributed by atoms with E-state index in [0.717, 1.165) is 11.6 Å². The zero-order valence-corrected chi connectivity index (χ0v) is 12.2. The van der Waals surface area contributed by atoms with Gasteiger partial charge in [-0.15, -0.1) is 5.10 Å². The van der Waals surface area contributed by atoms with Crippen molar-refractivity contribution in [3.63, 3.8) is 0 Å². The lowest BCUT2D eigenvalue weighted by Gasteiger charge is -2.36. The summed E-state index contributed by atoms with van der Waals surface area (Å²) in [6.45, 7) is 2.30. The lowest BCUT2D eigenvalue weighted by molar-refractivity contribution is 0.177. The van der Waals surface area contributed by atoms with Gasteiger partial charge in [0.1, 0.15) is 0 Å². The molecule has 1 heterocycles. The third-order valence-corrected chi connectivity index (χ3v) is 4.42. The summed E-state index contributed by atoms with van der Waals surface area (Å²) in [5.41, 5.74) is 1.04. The Morgan fingerprint density at radius 1 is 1.32 bits per heavy atom. The average Bonchev–Trinajstić information content (AvgIpc) is 2.49. The van der Waals surface area contributed by atoms with Gasteiger partial charge in [-0.25, -0.2) is 0 Å². The van der Waals surface area contributed by atoms with Gasteiger partial charge in [0.2, 0.25) is 5.88 Å². The third-order valence-electron chi connectivity index (χ3n) is 4.42. The fraction of sp³-hybridized carbons (Fsp3) is 0.733. The summed E-state index contributed by atoms with van der Waals surface area (Å²) in [4.78, 5) is 0. The lowest BCUT2D eigenvalue weighted by atomic mass is 9.73. The molecule has 106 valence electrons. The first kappa shape index (κ1) is 14.3. The molecule has 1 saturated carbocycles. The van der Waals surface area contributed by atoms with Gasteiger partial charge < -0.3 is 10.1 Å². The molecule has 2 rings (SSSR count). The Kier molecular flexibility index (Phi) is 5.14. The van der Waals surface area contributed by atoms with Crippen LogP contribution >= 0.6 is 0 Å². The third kappa shape index (κ3) is 3.24. The molecule has 1 aromatic rings. The largest absolute Gasteiger partial charge is 0.480 e. The van der Waals surface area contributed by atoms with E-state index in [-0.39, 0.29) is 0 Å². The number of hydrogen-bond donors (Lipinski definition) is 1. The number of aromatic nitrogens is 2. The van der Waals surface area contributed by atoms with Crippen molar-refractivity contribution >= 4 is 0 Å². The van der Waals surface area contributed by atoms with Crippen molar-refractivity contribution in [1.82, 2.24) is 15.5 Å². The summed E-state index contributed by atoms with van der Waals surface area (Å²) >= 11 is 0. The van der Waals surface area contributed by atoms with Crippen LogP contribution in [0.15, 0.2) is 12.1 Å². The van der Waals surface area contributed by atoms with Gasteiger partial charge in [0.25, 0.3) is 0 Å². The van der Waals surface area contributed by atoms with Crippen molar-refractivity contribution in [2.75, 3.05) is 14.2 Å². The molecule has 4 heteroatoms. The predicted octanol–water partition coefficient (Wildman–Crippen LogP) is 2.96. The van der Waals surface area contributed by atoms with Crippen molar-refractivity contribution < 1.29 is 4.74 Å². The Morgan fingerprint density at radius 2 is 2.11 bits per heavy atom. The van der Waals surface area contributed by atoms with Crippen LogP contribution in [0.2, 0.25) is 0 Å². The molecule has 1 fully saturated rings. The second-order valence-electron chi connectivity index (χ2n) is 5.38. The molecule has 19 heavy (non-hydrogen) atoms. The molecule has 0 spiro atoms. The van der Waals surface area contributed by atoms with E-state index in [4.69, 9.17) is 4.74 Å². The minimum Gasteiger partial charge on any atom is -0.480 e. The van der Waals surface area contributed by atoms with Crippen molar-refractivity contribution in [1.29, 1.82) is 0 Å². The van der Waals surface area contributed by atoms with E-state index < -0.39 is 0 Å². The molecule has 3 atom stereocenters. The van der Waals surface area contributed by atoms with E-state index in [9.17, 15) is 0 Å². The summed E-state index contributed by atoms with van der Waals surface area (Å²) in [5, 5.41) is 11.9. The second kappa shape index (κ2) is 6.85. The Bertz CT molecular complexity index is 379. The minimum atomic E-state index is 0.309. The van der Waals surface area contributed by atoms with Gasteiger partial charge in [-0.05, 0) is 31.4 Å². The van der Waals surface area contributed by atoms with E-state index in [0.29, 0.717) is 17.8 Å². The number of rotatable bonds is 5. The van der Waals surface area contributed by atoms with E-state index in [1.807, 2.05) is 19.2 Å². The van der Waals surface area contributed by atoms with Crippen LogP contribution in [0.1, 0.15) is 50.8 Å². The monoisotopic (exact) mass is 263 g/mol. The fourth-order valence-corrected chi connectivity index (χ4v) is 3.37. The first-order chi connectivity index (χ1) is 9.30. The molecular weight excluding hydrogens is 238 g/mol. The Balaban J connectivity index is 2.17. The number of hydrogen-bond acceptors (Lipinski definition) is 4. The molecule has 0 aliphatic heterocycles. The number of ether oxygens (including phenoxy) is 1. The topological polar surface area (TPSA) is 47.0 Å². The average molecular weight is 263 g/mol. The maximum atomic E-state index is 5.08. The molecule has 0 saturated heterocycles. The van der Waals surface area contributed by atoms with Gasteiger partial charge >= 0.3 is 0 Å². The molecule has 1 aliphatic rings. The van der Waals surface area contributed by atoms with Gasteiger partial charge in [0, 0.05) is 6.07 Å². The van der Waals surface area contributed by atoms with Crippen LogP contribution in [-0.4, -0.2) is 24.4 Å². The van der Waals surface area contributed by atoms with Gasteiger partial charge in [-0.2, -0.15) is 5.10 Å². The van der Waals surface area contributed by atoms with E-state index in [1.54, 1.807) is 7.11 Å². The molecule has 0 radical (unpaired) electrons. The van der Waals surface area contributed by atoms with Crippen LogP contribution < -0.4 is 10.1 Å². The van der Waals surface area contributed by atoms with Crippen LogP contribution in [0.4, 0.5) is 0 Å². The zero-order chi connectivity index (χ0) is 13.7. The molecule has 0 aromatic carbocycles. The van der Waals surface area contributed by atoms with Crippen molar-refractivity contribution in [3.05, 3.63) is 17.8 Å².